The molecule has 1 aliphatic carbocycles. The van der Waals surface area contributed by atoms with Crippen LogP contribution in [0.2, 0.25) is 0 Å². The maximum Gasteiger partial charge on any atom is 0.333 e. The van der Waals surface area contributed by atoms with E-state index in [1.165, 1.54) is 141 Å². The van der Waals surface area contributed by atoms with Crippen molar-refractivity contribution < 1.29 is 81.4 Å². The van der Waals surface area contributed by atoms with Crippen molar-refractivity contribution in [1.82, 2.24) is 10.6 Å². The van der Waals surface area contributed by atoms with Crippen LogP contribution in [0.25, 0.3) is 21.5 Å². The van der Waals surface area contributed by atoms with Crippen molar-refractivity contribution >= 4 is 75.1 Å². The van der Waals surface area contributed by atoms with E-state index in [2.05, 4.69) is 266 Å². The average Bonchev–Trinajstić information content (AvgIpc) is 0.842. The number of hydrogen-bond donors (Lipinski definition) is 3. The second-order valence-corrected chi connectivity index (χ2v) is 29.8. The Morgan fingerprint density at radius 3 is 1.26 bits per heavy atom. The third kappa shape index (κ3) is 90.1. The number of methoxy groups -OCH3 is 2. The molecule has 0 aromatic heterocycles. The number of unbranched alkanes of at least 4 members (excludes halogenated alkanes) is 5. The summed E-state index contributed by atoms with van der Waals surface area (Å²) in [6, 6.07) is 40.1. The summed E-state index contributed by atoms with van der Waals surface area (Å²) in [5.74, 6) is -0.514. The highest BCUT2D eigenvalue weighted by atomic mass is 16.6. The molecule has 3 N–H and O–H groups in total. The van der Waals surface area contributed by atoms with Gasteiger partial charge in [0.15, 0.2) is 0 Å². The van der Waals surface area contributed by atoms with Gasteiger partial charge in [0.05, 0.1) is 47.3 Å². The molecule has 2 unspecified atom stereocenters. The van der Waals surface area contributed by atoms with Crippen LogP contribution >= 0.6 is 0 Å². The maximum atomic E-state index is 11.1. The molecule has 0 heterocycles. The number of carbonyl (C=O) groups excluding carboxylic acids is 9. The number of esters is 7. The Hall–Kier alpha value is -11.8. The first-order valence-electron chi connectivity index (χ1n) is 46.0. The van der Waals surface area contributed by atoms with Gasteiger partial charge < -0.3 is 48.9 Å². The molecule has 19 nitrogen and oxygen atoms in total. The molecule has 2 amide bonds. The molecular formula is C113H172N2O17. The van der Waals surface area contributed by atoms with Gasteiger partial charge in [0.1, 0.15) is 6.61 Å². The number of fused-ring (bicyclic) bond motifs is 2. The largest absolute Gasteiger partial charge is 0.466 e. The van der Waals surface area contributed by atoms with Crippen molar-refractivity contribution in [1.29, 1.82) is 0 Å². The van der Waals surface area contributed by atoms with Crippen molar-refractivity contribution in [2.45, 2.75) is 244 Å². The lowest BCUT2D eigenvalue weighted by Gasteiger charge is -2.19. The van der Waals surface area contributed by atoms with E-state index in [9.17, 15) is 43.2 Å². The number of carbonyl (C=O) groups is 9. The van der Waals surface area contributed by atoms with Gasteiger partial charge in [0.2, 0.25) is 11.8 Å². The Morgan fingerprint density at radius 2 is 0.856 bits per heavy atom. The maximum absolute atomic E-state index is 11.1. The van der Waals surface area contributed by atoms with E-state index >= 15 is 0 Å². The minimum atomic E-state index is -0.455. The first-order valence-corrected chi connectivity index (χ1v) is 46.0. The van der Waals surface area contributed by atoms with Crippen LogP contribution in [-0.4, -0.2) is 126 Å². The number of likely N-dealkylation sites (N-methyl/N-ethyl adjacent to an activating group) is 1. The van der Waals surface area contributed by atoms with E-state index in [0.29, 0.717) is 72.5 Å². The minimum Gasteiger partial charge on any atom is -0.466 e. The Labute approximate surface area is 798 Å². The Morgan fingerprint density at radius 1 is 0.432 bits per heavy atom. The highest BCUT2D eigenvalue weighted by molar-refractivity contribution is 5.90. The fraction of sp³-hybridized carbons (Fsp3) is 0.442. The number of amides is 2. The van der Waals surface area contributed by atoms with Gasteiger partial charge in [0.25, 0.3) is 0 Å². The zero-order chi connectivity index (χ0) is 102. The summed E-state index contributed by atoms with van der Waals surface area (Å²) in [7, 11) is 4.24. The Balaban J connectivity index is -0.000000211. The standard InChI is InChI=1S/2C13H12.C12H22O2.C11H20O2.C9H16.C9H10.C8H14O2.C7H13NO.C7H12O2.C6H10O3.C6H10O2.C5H8O2.C4H7NO.C3H6/c1-2-6-11-8-5-9-12-7-3-4-10-13(11)12;1-2-5-11-8-9-12-6-3-4-7-13(12)10-11;1-5-7-8-11(6-2)9-14-12(13)10(3)4;1-4-7-8-10(5-2)9-13-11(12)6-3;2*1-2-6-9-7-4-3-5-8-9;1-4-5-6-10-8(9)7(2)3;1-3-5-6-8-7(9)4-2;1-3-5-6-9-7(8)4-2;1-5(2)6(8)9-4-3-7;1-4-5(2)6(7)8-3;1-4(2)5(6)7-3;1-3-4(6)5-2;1-3-2/h2-5,7-10H,1,6H2;2-4,6-10H,1,5H2;11H,3,5-9H2,1-2,4H3;6,10H,3-5,7-9H2,1-2H3;2,9H,1,3-8H2;2-5,7-8H,1,6H2;2,4-6H2,1,3H3;4H,2-3,5-6H2,1H3,(H,8,9);4H,2-3,5-6H2,1H3;7H,1,3-4H2,2H3;2,4H2,1,3H3;1H2,2-3H3;3H,1H2,2H3,(H,5,6);3H,1H2,2H3. The lowest BCUT2D eigenvalue weighted by Crippen LogP contribution is -2.21. The van der Waals surface area contributed by atoms with Gasteiger partial charge in [-0.1, -0.05) is 350 Å². The zero-order valence-electron chi connectivity index (χ0n) is 84.2. The predicted octanol–water partition coefficient (Wildman–Crippen LogP) is 26.5. The van der Waals surface area contributed by atoms with Gasteiger partial charge in [-0.15, -0.1) is 32.9 Å². The zero-order valence-corrected chi connectivity index (χ0v) is 84.2. The molecular weight excluding hydrogens is 1660 g/mol. The molecule has 19 heteroatoms. The first-order chi connectivity index (χ1) is 63.1. The van der Waals surface area contributed by atoms with Gasteiger partial charge in [-0.2, -0.15) is 0 Å². The molecule has 0 saturated heterocycles. The summed E-state index contributed by atoms with van der Waals surface area (Å²) in [5, 5.41) is 18.5. The first kappa shape index (κ1) is 136. The number of nitrogens with one attached hydrogen (secondary N) is 2. The molecule has 1 fully saturated rings. The molecule has 132 heavy (non-hydrogen) atoms. The van der Waals surface area contributed by atoms with Crippen LogP contribution in [0, 0.1) is 17.8 Å². The second kappa shape index (κ2) is 101. The van der Waals surface area contributed by atoms with E-state index in [1.807, 2.05) is 57.2 Å². The third-order valence-electron chi connectivity index (χ3n) is 17.9. The van der Waals surface area contributed by atoms with Crippen LogP contribution in [0.5, 0.6) is 0 Å². The third-order valence-corrected chi connectivity index (χ3v) is 17.9. The molecule has 5 aromatic carbocycles. The van der Waals surface area contributed by atoms with E-state index < -0.39 is 5.97 Å². The van der Waals surface area contributed by atoms with Gasteiger partial charge in [0, 0.05) is 53.6 Å². The van der Waals surface area contributed by atoms with Crippen LogP contribution in [0.1, 0.15) is 242 Å². The van der Waals surface area contributed by atoms with Gasteiger partial charge in [-0.25, -0.2) is 33.6 Å². The number of ether oxygens (including phenoxy) is 7. The van der Waals surface area contributed by atoms with E-state index in [0.717, 1.165) is 95.9 Å². The van der Waals surface area contributed by atoms with Gasteiger partial charge in [-0.05, 0) is 167 Å². The van der Waals surface area contributed by atoms with E-state index in [1.54, 1.807) is 40.8 Å². The van der Waals surface area contributed by atoms with E-state index in [4.69, 9.17) is 19.3 Å². The molecule has 0 radical (unpaired) electrons. The van der Waals surface area contributed by atoms with Crippen LogP contribution in [0.3, 0.4) is 0 Å². The fourth-order valence-electron chi connectivity index (χ4n) is 10.1. The molecule has 0 aliphatic heterocycles. The molecule has 0 bridgehead atoms. The summed E-state index contributed by atoms with van der Waals surface area (Å²) in [6.07, 6.45) is 41.9. The van der Waals surface area contributed by atoms with Gasteiger partial charge >= 0.3 is 41.8 Å². The number of rotatable bonds is 41. The molecule has 736 valence electrons. The van der Waals surface area contributed by atoms with Crippen molar-refractivity contribution in [3.05, 3.63) is 307 Å². The normalized spacial score (nSPS) is 10.3. The molecule has 5 aromatic rings. The molecule has 2 atom stereocenters. The number of allylic oxidation sites excluding steroid dienone is 5. The van der Waals surface area contributed by atoms with Crippen LogP contribution < -0.4 is 10.6 Å². The monoisotopic (exact) mass is 1830 g/mol. The predicted molar refractivity (Wildman–Crippen MR) is 557 cm³/mol. The smallest absolute Gasteiger partial charge is 0.333 e. The van der Waals surface area contributed by atoms with Crippen LogP contribution in [0.15, 0.2) is 290 Å². The molecule has 1 saturated carbocycles. The lowest BCUT2D eigenvalue weighted by atomic mass is 9.87. The quantitative estimate of drug-likeness (QED) is 0.0108. The summed E-state index contributed by atoms with van der Waals surface area (Å²) in [5.41, 5.74) is 6.26. The van der Waals surface area contributed by atoms with Gasteiger partial charge in [-0.3, -0.25) is 9.59 Å². The number of aliphatic hydroxyl groups is 1. The second-order valence-electron chi connectivity index (χ2n) is 29.8. The minimum absolute atomic E-state index is 0.0473. The van der Waals surface area contributed by atoms with Crippen molar-refractivity contribution in [3.8, 4) is 0 Å². The summed E-state index contributed by atoms with van der Waals surface area (Å²) < 4.78 is 32.7. The Kier molecular flexibility index (Phi) is 104. The lowest BCUT2D eigenvalue weighted by molar-refractivity contribution is -0.141. The summed E-state index contributed by atoms with van der Waals surface area (Å²) in [6.45, 7) is 76.4. The van der Waals surface area contributed by atoms with Crippen LogP contribution in [0.4, 0.5) is 0 Å². The molecule has 0 spiro atoms. The Bertz CT molecular complexity index is 3960. The number of benzene rings is 5. The molecule has 6 rings (SSSR count). The number of aliphatic hydroxyl groups excluding tert-OH is 1. The molecule has 1 aliphatic rings. The van der Waals surface area contributed by atoms with Crippen molar-refractivity contribution in [3.63, 3.8) is 0 Å². The summed E-state index contributed by atoms with van der Waals surface area (Å²) in [4.78, 5) is 94.4. The SMILES string of the molecule is C=C(C)C(=O)OC.C=C(C)C(=O)OCC(CC)CCCC.C=C(C)C(=O)OCCCC.C=C(C)C(=O)OCCO.C=C(CC)C(=O)OC.C=CC.C=CC(=O)NC.C=CC(=O)NCCCC.C=CC(=O)OCC(CC)CCCC.C=CC(=O)OCCCC.C=CCC1CCCCC1.C=CCc1ccc2ccccc2c1.C=CCc1cccc2ccccc12.C=CCc1ccccc1. The fourth-order valence-corrected chi connectivity index (χ4v) is 10.1. The van der Waals surface area contributed by atoms with Crippen molar-refractivity contribution in [2.24, 2.45) is 17.8 Å². The van der Waals surface area contributed by atoms with Crippen LogP contribution in [-0.2, 0) is 95.6 Å². The topological polar surface area (TPSA) is 263 Å². The highest BCUT2D eigenvalue weighted by Crippen LogP contribution is 2.26. The van der Waals surface area contributed by atoms with E-state index in [-0.39, 0.29) is 60.8 Å². The average molecular weight is 1830 g/mol. The highest BCUT2D eigenvalue weighted by Gasteiger charge is 2.13. The van der Waals surface area contributed by atoms with Crippen molar-refractivity contribution in [2.75, 3.05) is 67.5 Å². The number of hydrogen-bond acceptors (Lipinski definition) is 17. The summed E-state index contributed by atoms with van der Waals surface area (Å²) >= 11 is 0.